The Kier molecular flexibility index (Phi) is 6.22. The Balaban J connectivity index is 2.11. The molecule has 0 unspecified atom stereocenters. The van der Waals surface area contributed by atoms with Gasteiger partial charge in [0.05, 0.1) is 27.7 Å². The number of fused-ring (bicyclic) bond motifs is 1. The van der Waals surface area contributed by atoms with Crippen molar-refractivity contribution < 1.29 is 13.9 Å². The smallest absolute Gasteiger partial charge is 0.408 e. The van der Waals surface area contributed by atoms with Crippen molar-refractivity contribution in [1.29, 1.82) is 0 Å². The summed E-state index contributed by atoms with van der Waals surface area (Å²) in [5.74, 6) is -0.162. The van der Waals surface area contributed by atoms with Crippen molar-refractivity contribution in [3.63, 3.8) is 0 Å². The number of carbonyl (C=O) groups excluding carboxylic acids is 1. The molecule has 3 aromatic rings. The maximum Gasteiger partial charge on any atom is 0.408 e. The molecule has 2 aromatic carbocycles. The highest BCUT2D eigenvalue weighted by Crippen LogP contribution is 2.22. The minimum Gasteiger partial charge on any atom is -0.444 e. The minimum absolute atomic E-state index is 0.227. The van der Waals surface area contributed by atoms with Crippen molar-refractivity contribution in [2.45, 2.75) is 46.3 Å². The molecular formula is C22H24ClFN4O3. The lowest BCUT2D eigenvalue weighted by atomic mass is 10.2. The minimum atomic E-state index is -0.695. The second-order valence-electron chi connectivity index (χ2n) is 8.18. The number of amides is 1. The third-order valence-corrected chi connectivity index (χ3v) is 4.73. The molecule has 1 heterocycles. The maximum atomic E-state index is 13.5. The van der Waals surface area contributed by atoms with E-state index in [-0.39, 0.29) is 16.2 Å². The average molecular weight is 447 g/mol. The predicted octanol–water partition coefficient (Wildman–Crippen LogP) is 4.96. The highest BCUT2D eigenvalue weighted by Gasteiger charge is 2.23. The predicted molar refractivity (Wildman–Crippen MR) is 119 cm³/mol. The van der Waals surface area contributed by atoms with Crippen LogP contribution in [0.5, 0.6) is 0 Å². The molecule has 7 nitrogen and oxygen atoms in total. The van der Waals surface area contributed by atoms with E-state index >= 15 is 0 Å². The third kappa shape index (κ3) is 5.14. The van der Waals surface area contributed by atoms with E-state index < -0.39 is 29.1 Å². The second-order valence-corrected chi connectivity index (χ2v) is 8.59. The molecule has 0 bridgehead atoms. The Morgan fingerprint density at radius 3 is 2.61 bits per heavy atom. The zero-order chi connectivity index (χ0) is 22.9. The van der Waals surface area contributed by atoms with E-state index in [1.54, 1.807) is 52.8 Å². The van der Waals surface area contributed by atoms with Gasteiger partial charge in [-0.15, -0.1) is 0 Å². The van der Waals surface area contributed by atoms with Gasteiger partial charge in [0.1, 0.15) is 11.4 Å². The van der Waals surface area contributed by atoms with Crippen LogP contribution in [0.15, 0.2) is 41.2 Å². The zero-order valence-corrected chi connectivity index (χ0v) is 18.7. The molecule has 0 saturated carbocycles. The number of hydrogen-bond acceptors (Lipinski definition) is 5. The molecule has 31 heavy (non-hydrogen) atoms. The first-order chi connectivity index (χ1) is 14.5. The van der Waals surface area contributed by atoms with E-state index in [1.165, 1.54) is 22.9 Å². The van der Waals surface area contributed by atoms with Crippen LogP contribution in [0.4, 0.5) is 14.9 Å². The van der Waals surface area contributed by atoms with Crippen LogP contribution in [0.1, 0.15) is 45.1 Å². The highest BCUT2D eigenvalue weighted by atomic mass is 35.5. The van der Waals surface area contributed by atoms with Gasteiger partial charge in [0, 0.05) is 0 Å². The molecule has 0 saturated heterocycles. The normalized spacial score (nSPS) is 12.5. The van der Waals surface area contributed by atoms with E-state index in [9.17, 15) is 14.0 Å². The molecule has 164 valence electrons. The monoisotopic (exact) mass is 446 g/mol. The van der Waals surface area contributed by atoms with Gasteiger partial charge in [-0.1, -0.05) is 17.7 Å². The zero-order valence-electron chi connectivity index (χ0n) is 17.9. The Labute approximate surface area is 184 Å². The van der Waals surface area contributed by atoms with Crippen LogP contribution in [0.2, 0.25) is 5.02 Å². The number of alkyl carbamates (subject to hydrolysis) is 1. The number of nitrogens with zero attached hydrogens (tertiary/aromatic N) is 2. The number of aryl methyl sites for hydroxylation is 1. The highest BCUT2D eigenvalue weighted by molar-refractivity contribution is 6.35. The lowest BCUT2D eigenvalue weighted by molar-refractivity contribution is 0.0505. The molecule has 0 aliphatic carbocycles. The molecule has 0 radical (unpaired) electrons. The Hall–Kier alpha value is -3.13. The summed E-state index contributed by atoms with van der Waals surface area (Å²) >= 11 is 6.26. The van der Waals surface area contributed by atoms with Gasteiger partial charge < -0.3 is 10.1 Å². The summed E-state index contributed by atoms with van der Waals surface area (Å²) in [7, 11) is 0. The van der Waals surface area contributed by atoms with Gasteiger partial charge >= 0.3 is 6.09 Å². The van der Waals surface area contributed by atoms with Crippen molar-refractivity contribution in [1.82, 2.24) is 15.0 Å². The van der Waals surface area contributed by atoms with Crippen LogP contribution >= 0.6 is 11.6 Å². The van der Waals surface area contributed by atoms with Gasteiger partial charge in [0.25, 0.3) is 5.56 Å². The second kappa shape index (κ2) is 8.55. The number of carbonyl (C=O) groups is 1. The summed E-state index contributed by atoms with van der Waals surface area (Å²) in [6, 6.07) is 8.40. The van der Waals surface area contributed by atoms with Gasteiger partial charge in [0.2, 0.25) is 0 Å². The standard InChI is InChI=1S/C22H24ClFN4O3/c1-12-11-14(24)9-10-16(12)27-28-19(13(2)25-21(30)31-22(3,4)5)26-17-8-6-7-15(23)18(17)20(28)29/h6-11,13,27H,1-5H3,(H,25,30)/t13-/m0/s1. The van der Waals surface area contributed by atoms with Crippen molar-refractivity contribution in [2.75, 3.05) is 5.43 Å². The SMILES string of the molecule is Cc1cc(F)ccc1Nn1c([C@H](C)NC(=O)OC(C)(C)C)nc2cccc(Cl)c2c1=O. The number of nitrogens with one attached hydrogen (secondary N) is 2. The summed E-state index contributed by atoms with van der Waals surface area (Å²) < 4.78 is 20.0. The lowest BCUT2D eigenvalue weighted by Gasteiger charge is -2.24. The van der Waals surface area contributed by atoms with Crippen molar-refractivity contribution >= 4 is 34.3 Å². The van der Waals surface area contributed by atoms with Crippen molar-refractivity contribution in [2.24, 2.45) is 0 Å². The summed E-state index contributed by atoms with van der Waals surface area (Å²) in [6.45, 7) is 8.64. The summed E-state index contributed by atoms with van der Waals surface area (Å²) in [4.78, 5) is 30.2. The van der Waals surface area contributed by atoms with Crippen LogP contribution in [0.3, 0.4) is 0 Å². The molecule has 1 atom stereocenters. The fraction of sp³-hybridized carbons (Fsp3) is 0.318. The third-order valence-electron chi connectivity index (χ3n) is 4.41. The van der Waals surface area contributed by atoms with Gasteiger partial charge in [-0.25, -0.2) is 18.8 Å². The molecule has 0 fully saturated rings. The van der Waals surface area contributed by atoms with Crippen LogP contribution < -0.4 is 16.3 Å². The van der Waals surface area contributed by atoms with Crippen molar-refractivity contribution in [3.8, 4) is 0 Å². The summed E-state index contributed by atoms with van der Waals surface area (Å²) in [5.41, 5.74) is 3.33. The summed E-state index contributed by atoms with van der Waals surface area (Å²) in [5, 5.41) is 3.17. The Bertz CT molecular complexity index is 1200. The largest absolute Gasteiger partial charge is 0.444 e. The van der Waals surface area contributed by atoms with Crippen LogP contribution in [-0.4, -0.2) is 21.4 Å². The molecule has 0 aliphatic rings. The molecule has 2 N–H and O–H groups in total. The van der Waals surface area contributed by atoms with E-state index in [2.05, 4.69) is 15.7 Å². The number of halogens is 2. The van der Waals surface area contributed by atoms with Gasteiger partial charge in [-0.05, 0) is 70.5 Å². The van der Waals surface area contributed by atoms with Gasteiger partial charge in [-0.2, -0.15) is 0 Å². The van der Waals surface area contributed by atoms with Gasteiger partial charge in [0.15, 0.2) is 5.82 Å². The Morgan fingerprint density at radius 1 is 1.26 bits per heavy atom. The molecule has 1 amide bonds. The fourth-order valence-corrected chi connectivity index (χ4v) is 3.28. The van der Waals surface area contributed by atoms with Gasteiger partial charge in [-0.3, -0.25) is 10.2 Å². The molecular weight excluding hydrogens is 423 g/mol. The maximum absolute atomic E-state index is 13.5. The van der Waals surface area contributed by atoms with E-state index in [1.807, 2.05) is 0 Å². The quantitative estimate of drug-likeness (QED) is 0.591. The molecule has 9 heteroatoms. The average Bonchev–Trinajstić information content (AvgIpc) is 2.63. The molecule has 1 aromatic heterocycles. The van der Waals surface area contributed by atoms with E-state index in [0.29, 0.717) is 16.8 Å². The number of aromatic nitrogens is 2. The molecule has 0 spiro atoms. The fourth-order valence-electron chi connectivity index (χ4n) is 3.03. The van der Waals surface area contributed by atoms with Crippen LogP contribution in [0.25, 0.3) is 10.9 Å². The Morgan fingerprint density at radius 2 is 1.97 bits per heavy atom. The van der Waals surface area contributed by atoms with Crippen LogP contribution in [-0.2, 0) is 4.74 Å². The number of rotatable bonds is 4. The number of ether oxygens (including phenoxy) is 1. The summed E-state index contributed by atoms with van der Waals surface area (Å²) in [6.07, 6.45) is -0.648. The van der Waals surface area contributed by atoms with E-state index in [4.69, 9.17) is 16.3 Å². The molecule has 3 rings (SSSR count). The van der Waals surface area contributed by atoms with E-state index in [0.717, 1.165) is 0 Å². The number of hydrogen-bond donors (Lipinski definition) is 2. The number of anilines is 1. The van der Waals surface area contributed by atoms with Crippen LogP contribution in [0, 0.1) is 12.7 Å². The van der Waals surface area contributed by atoms with Crippen molar-refractivity contribution in [3.05, 3.63) is 69.0 Å². The molecule has 0 aliphatic heterocycles. The first-order valence-corrected chi connectivity index (χ1v) is 10.1. The topological polar surface area (TPSA) is 85.2 Å². The first-order valence-electron chi connectivity index (χ1n) is 9.70. The lowest BCUT2D eigenvalue weighted by Crippen LogP contribution is -2.39. The first kappa shape index (κ1) is 22.6. The number of benzene rings is 2.